The van der Waals surface area contributed by atoms with Gasteiger partial charge in [-0.25, -0.2) is 12.7 Å². The number of sulfonamides is 1. The predicted molar refractivity (Wildman–Crippen MR) is 108 cm³/mol. The van der Waals surface area contributed by atoms with Gasteiger partial charge < -0.3 is 9.64 Å². The first-order chi connectivity index (χ1) is 12.8. The summed E-state index contributed by atoms with van der Waals surface area (Å²) < 4.78 is 31.8. The fraction of sp³-hybridized carbons (Fsp3) is 0.611. The van der Waals surface area contributed by atoms with Crippen molar-refractivity contribution in [1.29, 1.82) is 0 Å². The predicted octanol–water partition coefficient (Wildman–Crippen LogP) is 2.72. The Morgan fingerprint density at radius 1 is 1.33 bits per heavy atom. The number of benzene rings is 1. The molecule has 3 rings (SSSR count). The van der Waals surface area contributed by atoms with E-state index in [0.29, 0.717) is 6.54 Å². The smallest absolute Gasteiger partial charge is 0.255 e. The summed E-state index contributed by atoms with van der Waals surface area (Å²) in [6, 6.07) is 4.44. The van der Waals surface area contributed by atoms with Crippen molar-refractivity contribution in [2.45, 2.75) is 36.3 Å². The van der Waals surface area contributed by atoms with E-state index < -0.39 is 10.0 Å². The highest BCUT2D eigenvalue weighted by atomic mass is 35.5. The maximum atomic E-state index is 13.4. The van der Waals surface area contributed by atoms with E-state index in [1.54, 1.807) is 0 Å². The van der Waals surface area contributed by atoms with Crippen molar-refractivity contribution < 1.29 is 17.9 Å². The van der Waals surface area contributed by atoms with Gasteiger partial charge >= 0.3 is 0 Å². The van der Waals surface area contributed by atoms with E-state index in [1.807, 2.05) is 16.7 Å². The Hall–Kier alpha value is -0.800. The van der Waals surface area contributed by atoms with Gasteiger partial charge in [0.05, 0.1) is 21.6 Å². The summed E-state index contributed by atoms with van der Waals surface area (Å²) in [6.45, 7) is 1.24. The van der Waals surface area contributed by atoms with Crippen LogP contribution in [-0.2, 0) is 14.8 Å². The number of carbonyl (C=O) groups is 1. The van der Waals surface area contributed by atoms with Gasteiger partial charge in [-0.1, -0.05) is 11.6 Å². The van der Waals surface area contributed by atoms with Crippen LogP contribution < -0.4 is 0 Å². The Bertz CT molecular complexity index is 789. The summed E-state index contributed by atoms with van der Waals surface area (Å²) in [5.41, 5.74) is 0.231. The second-order valence-corrected chi connectivity index (χ2v) is 10.7. The lowest BCUT2D eigenvalue weighted by atomic mass is 10.1. The molecule has 6 nitrogen and oxygen atoms in total. The second kappa shape index (κ2) is 8.69. The lowest BCUT2D eigenvalue weighted by molar-refractivity contribution is 0.0441. The average molecular weight is 433 g/mol. The van der Waals surface area contributed by atoms with Crippen molar-refractivity contribution in [3.8, 4) is 0 Å². The van der Waals surface area contributed by atoms with Crippen molar-refractivity contribution in [2.75, 3.05) is 38.8 Å². The summed E-state index contributed by atoms with van der Waals surface area (Å²) in [7, 11) is -0.715. The molecule has 2 heterocycles. The zero-order valence-corrected chi connectivity index (χ0v) is 17.9. The highest BCUT2D eigenvalue weighted by Crippen LogP contribution is 2.29. The zero-order chi connectivity index (χ0) is 19.6. The van der Waals surface area contributed by atoms with Gasteiger partial charge in [0, 0.05) is 39.0 Å². The molecule has 2 unspecified atom stereocenters. The van der Waals surface area contributed by atoms with Crippen molar-refractivity contribution in [3.63, 3.8) is 0 Å². The quantitative estimate of drug-likeness (QED) is 0.691. The number of ether oxygens (including phenoxy) is 1. The van der Waals surface area contributed by atoms with E-state index in [9.17, 15) is 13.2 Å². The largest absolute Gasteiger partial charge is 0.376 e. The van der Waals surface area contributed by atoms with Crippen LogP contribution in [0, 0.1) is 0 Å². The van der Waals surface area contributed by atoms with Gasteiger partial charge in [-0.2, -0.15) is 11.8 Å². The monoisotopic (exact) mass is 432 g/mol. The van der Waals surface area contributed by atoms with Crippen LogP contribution in [0.1, 0.15) is 29.6 Å². The highest BCUT2D eigenvalue weighted by Gasteiger charge is 2.32. The maximum Gasteiger partial charge on any atom is 0.255 e. The second-order valence-electron chi connectivity index (χ2n) is 7.04. The molecule has 0 N–H and O–H groups in total. The van der Waals surface area contributed by atoms with Crippen molar-refractivity contribution in [1.82, 2.24) is 9.21 Å². The molecular weight excluding hydrogens is 408 g/mol. The minimum Gasteiger partial charge on any atom is -0.376 e. The number of hydrogen-bond donors (Lipinski definition) is 0. The molecule has 0 aliphatic carbocycles. The number of nitrogens with zero attached hydrogens (tertiary/aromatic N) is 2. The molecule has 2 fully saturated rings. The molecule has 27 heavy (non-hydrogen) atoms. The molecule has 0 aromatic heterocycles. The summed E-state index contributed by atoms with van der Waals surface area (Å²) in [5, 5.41) is 0.265. The molecule has 2 saturated heterocycles. The first-order valence-electron chi connectivity index (χ1n) is 9.03. The average Bonchev–Trinajstić information content (AvgIpc) is 3.33. The van der Waals surface area contributed by atoms with E-state index in [-0.39, 0.29) is 33.5 Å². The number of thioether (sulfide) groups is 1. The highest BCUT2D eigenvalue weighted by molar-refractivity contribution is 7.99. The van der Waals surface area contributed by atoms with Crippen LogP contribution >= 0.6 is 23.4 Å². The van der Waals surface area contributed by atoms with Crippen LogP contribution in [0.4, 0.5) is 0 Å². The summed E-state index contributed by atoms with van der Waals surface area (Å²) in [4.78, 5) is 15.3. The lowest BCUT2D eigenvalue weighted by Gasteiger charge is -2.31. The molecule has 150 valence electrons. The summed E-state index contributed by atoms with van der Waals surface area (Å²) >= 11 is 8.12. The maximum absolute atomic E-state index is 13.4. The van der Waals surface area contributed by atoms with Gasteiger partial charge in [0.15, 0.2) is 0 Å². The topological polar surface area (TPSA) is 66.9 Å². The molecule has 1 aromatic rings. The summed E-state index contributed by atoms with van der Waals surface area (Å²) in [6.07, 6.45) is 2.90. The molecular formula is C18H25ClN2O4S2. The van der Waals surface area contributed by atoms with E-state index in [4.69, 9.17) is 16.3 Å². The Morgan fingerprint density at radius 2 is 2.11 bits per heavy atom. The van der Waals surface area contributed by atoms with Gasteiger partial charge in [-0.15, -0.1) is 0 Å². The standard InChI is InChI=1S/C18H25ClN2O4S2/c1-20(2)27(23,24)15-5-6-17(19)16(10-15)18(22)21(13-7-9-26-12-13)11-14-4-3-8-25-14/h5-6,10,13-14H,3-4,7-9,11-12H2,1-2H3. The van der Waals surface area contributed by atoms with Crippen molar-refractivity contribution in [3.05, 3.63) is 28.8 Å². The van der Waals surface area contributed by atoms with Gasteiger partial charge in [-0.05, 0) is 43.2 Å². The van der Waals surface area contributed by atoms with Crippen LogP contribution in [0.15, 0.2) is 23.1 Å². The van der Waals surface area contributed by atoms with Gasteiger partial charge in [0.2, 0.25) is 10.0 Å². The first-order valence-corrected chi connectivity index (χ1v) is 12.0. The number of amides is 1. The van der Waals surface area contributed by atoms with Crippen LogP contribution in [-0.4, -0.2) is 74.4 Å². The molecule has 0 radical (unpaired) electrons. The van der Waals surface area contributed by atoms with Crippen LogP contribution in [0.2, 0.25) is 5.02 Å². The van der Waals surface area contributed by atoms with E-state index >= 15 is 0 Å². The molecule has 2 aliphatic rings. The number of rotatable bonds is 6. The van der Waals surface area contributed by atoms with Crippen LogP contribution in [0.5, 0.6) is 0 Å². The molecule has 1 aromatic carbocycles. The third-order valence-electron chi connectivity index (χ3n) is 4.98. The number of hydrogen-bond acceptors (Lipinski definition) is 5. The van der Waals surface area contributed by atoms with Crippen molar-refractivity contribution >= 4 is 39.3 Å². The Labute approximate surface area is 170 Å². The Balaban J connectivity index is 1.92. The minimum absolute atomic E-state index is 0.0343. The van der Waals surface area contributed by atoms with Gasteiger partial charge in [0.25, 0.3) is 5.91 Å². The Kier molecular flexibility index (Phi) is 6.74. The third kappa shape index (κ3) is 4.62. The molecule has 1 amide bonds. The van der Waals surface area contributed by atoms with E-state index in [0.717, 1.165) is 41.7 Å². The molecule has 9 heteroatoms. The minimum atomic E-state index is -3.64. The van der Waals surface area contributed by atoms with E-state index in [1.165, 1.54) is 32.3 Å². The number of halogens is 1. The normalized spacial score (nSPS) is 23.1. The first kappa shape index (κ1) is 20.9. The van der Waals surface area contributed by atoms with Crippen LogP contribution in [0.25, 0.3) is 0 Å². The van der Waals surface area contributed by atoms with Gasteiger partial charge in [0.1, 0.15) is 0 Å². The zero-order valence-electron chi connectivity index (χ0n) is 15.6. The molecule has 2 atom stereocenters. The lowest BCUT2D eigenvalue weighted by Crippen LogP contribution is -2.44. The van der Waals surface area contributed by atoms with E-state index in [2.05, 4.69) is 0 Å². The third-order valence-corrected chi connectivity index (χ3v) is 8.26. The molecule has 0 spiro atoms. The molecule has 0 bridgehead atoms. The van der Waals surface area contributed by atoms with Crippen molar-refractivity contribution in [2.24, 2.45) is 0 Å². The number of carbonyl (C=O) groups excluding carboxylic acids is 1. The summed E-state index contributed by atoms with van der Waals surface area (Å²) in [5.74, 6) is 1.67. The van der Waals surface area contributed by atoms with Crippen LogP contribution in [0.3, 0.4) is 0 Å². The fourth-order valence-electron chi connectivity index (χ4n) is 3.37. The SMILES string of the molecule is CN(C)S(=O)(=O)c1ccc(Cl)c(C(=O)N(CC2CCCO2)C2CCSC2)c1. The van der Waals surface area contributed by atoms with Gasteiger partial charge in [-0.3, -0.25) is 4.79 Å². The fourth-order valence-corrected chi connectivity index (χ4v) is 5.72. The molecule has 2 aliphatic heterocycles. The Morgan fingerprint density at radius 3 is 2.70 bits per heavy atom. The molecule has 0 saturated carbocycles.